The highest BCUT2D eigenvalue weighted by Crippen LogP contribution is 2.19. The lowest BCUT2D eigenvalue weighted by molar-refractivity contribution is 0.0222. The van der Waals surface area contributed by atoms with Gasteiger partial charge >= 0.3 is 0 Å². The Labute approximate surface area is 113 Å². The van der Waals surface area contributed by atoms with Gasteiger partial charge in [-0.3, -0.25) is 9.80 Å². The highest BCUT2D eigenvalue weighted by atomic mass is 15.3. The number of aromatic nitrogens is 1. The number of likely N-dealkylation sites (tertiary alicyclic amines) is 1. The smallest absolute Gasteiger partial charge is 0.144 e. The Morgan fingerprint density at radius 3 is 2.89 bits per heavy atom. The lowest BCUT2D eigenvalue weighted by Gasteiger charge is -2.46. The van der Waals surface area contributed by atoms with Crippen molar-refractivity contribution in [1.29, 1.82) is 5.26 Å². The molecule has 1 aromatic heterocycles. The molecule has 0 aliphatic carbocycles. The number of nitriles is 1. The number of hydrogen-bond acceptors (Lipinski definition) is 5. The van der Waals surface area contributed by atoms with E-state index in [4.69, 9.17) is 5.26 Å². The maximum atomic E-state index is 9.03. The quantitative estimate of drug-likeness (QED) is 0.829. The number of piperazine rings is 1. The molecule has 0 radical (unpaired) electrons. The molecule has 2 fully saturated rings. The van der Waals surface area contributed by atoms with Gasteiger partial charge in [-0.05, 0) is 6.07 Å². The Morgan fingerprint density at radius 1 is 1.37 bits per heavy atom. The van der Waals surface area contributed by atoms with Crippen molar-refractivity contribution in [2.75, 3.05) is 39.3 Å². The van der Waals surface area contributed by atoms with Crippen LogP contribution in [0.1, 0.15) is 11.3 Å². The second-order valence-corrected chi connectivity index (χ2v) is 5.26. The van der Waals surface area contributed by atoms with E-state index < -0.39 is 0 Å². The Hall–Kier alpha value is -1.48. The zero-order valence-electron chi connectivity index (χ0n) is 11.0. The SMILES string of the molecule is N#Cc1ncccc1CN1CC(N2CCNCC2)C1. The van der Waals surface area contributed by atoms with E-state index in [9.17, 15) is 0 Å². The second-order valence-electron chi connectivity index (χ2n) is 5.26. The van der Waals surface area contributed by atoms with Crippen LogP contribution in [0.2, 0.25) is 0 Å². The summed E-state index contributed by atoms with van der Waals surface area (Å²) in [5, 5.41) is 12.4. The molecule has 0 spiro atoms. The van der Waals surface area contributed by atoms with Crippen molar-refractivity contribution < 1.29 is 0 Å². The molecular formula is C14H19N5. The van der Waals surface area contributed by atoms with Crippen molar-refractivity contribution in [2.45, 2.75) is 12.6 Å². The maximum Gasteiger partial charge on any atom is 0.144 e. The molecule has 100 valence electrons. The Balaban J connectivity index is 1.52. The predicted octanol–water partition coefficient (Wildman–Crippen LogP) is 0.0427. The van der Waals surface area contributed by atoms with E-state index in [0.29, 0.717) is 11.7 Å². The fourth-order valence-electron chi connectivity index (χ4n) is 2.86. The maximum absolute atomic E-state index is 9.03. The first-order valence-corrected chi connectivity index (χ1v) is 6.88. The molecule has 2 aliphatic rings. The van der Waals surface area contributed by atoms with Gasteiger partial charge in [0.25, 0.3) is 0 Å². The first-order chi connectivity index (χ1) is 9.36. The topological polar surface area (TPSA) is 55.2 Å². The summed E-state index contributed by atoms with van der Waals surface area (Å²) in [6, 6.07) is 6.78. The molecule has 3 heterocycles. The van der Waals surface area contributed by atoms with Crippen LogP contribution in [0.3, 0.4) is 0 Å². The molecule has 0 saturated carbocycles. The predicted molar refractivity (Wildman–Crippen MR) is 72.5 cm³/mol. The summed E-state index contributed by atoms with van der Waals surface area (Å²) < 4.78 is 0. The highest BCUT2D eigenvalue weighted by Gasteiger charge is 2.32. The average molecular weight is 257 g/mol. The second kappa shape index (κ2) is 5.66. The van der Waals surface area contributed by atoms with Gasteiger partial charge in [0.15, 0.2) is 0 Å². The average Bonchev–Trinajstić information content (AvgIpc) is 2.43. The van der Waals surface area contributed by atoms with E-state index in [2.05, 4.69) is 26.2 Å². The van der Waals surface area contributed by atoms with E-state index in [1.807, 2.05) is 12.1 Å². The molecule has 3 rings (SSSR count). The van der Waals surface area contributed by atoms with Crippen molar-refractivity contribution in [3.8, 4) is 6.07 Å². The van der Waals surface area contributed by atoms with Crippen LogP contribution in [0.25, 0.3) is 0 Å². The van der Waals surface area contributed by atoms with Gasteiger partial charge in [-0.15, -0.1) is 0 Å². The first-order valence-electron chi connectivity index (χ1n) is 6.88. The van der Waals surface area contributed by atoms with Crippen LogP contribution in [0.5, 0.6) is 0 Å². The van der Waals surface area contributed by atoms with Gasteiger partial charge in [0.2, 0.25) is 0 Å². The number of nitrogens with one attached hydrogen (secondary N) is 1. The molecule has 0 amide bonds. The molecule has 0 unspecified atom stereocenters. The Kier molecular flexibility index (Phi) is 3.74. The van der Waals surface area contributed by atoms with Crippen molar-refractivity contribution in [2.24, 2.45) is 0 Å². The minimum Gasteiger partial charge on any atom is -0.314 e. The van der Waals surface area contributed by atoms with Gasteiger partial charge < -0.3 is 5.32 Å². The molecule has 0 bridgehead atoms. The van der Waals surface area contributed by atoms with E-state index in [1.165, 1.54) is 0 Å². The molecule has 19 heavy (non-hydrogen) atoms. The van der Waals surface area contributed by atoms with Crippen molar-refractivity contribution in [3.05, 3.63) is 29.6 Å². The number of pyridine rings is 1. The fraction of sp³-hybridized carbons (Fsp3) is 0.571. The van der Waals surface area contributed by atoms with Gasteiger partial charge in [0.05, 0.1) is 0 Å². The monoisotopic (exact) mass is 257 g/mol. The van der Waals surface area contributed by atoms with E-state index in [-0.39, 0.29) is 0 Å². The molecule has 0 atom stereocenters. The number of nitrogens with zero attached hydrogens (tertiary/aromatic N) is 4. The fourth-order valence-corrected chi connectivity index (χ4v) is 2.86. The van der Waals surface area contributed by atoms with Gasteiger partial charge in [-0.1, -0.05) is 6.07 Å². The van der Waals surface area contributed by atoms with E-state index in [0.717, 1.165) is 51.4 Å². The number of hydrogen-bond donors (Lipinski definition) is 1. The zero-order valence-corrected chi connectivity index (χ0v) is 11.0. The third-order valence-corrected chi connectivity index (χ3v) is 4.00. The summed E-state index contributed by atoms with van der Waals surface area (Å²) in [4.78, 5) is 9.08. The standard InChI is InChI=1S/C14H19N5/c15-8-14-12(2-1-3-17-14)9-18-10-13(11-18)19-6-4-16-5-7-19/h1-3,13,16H,4-7,9-11H2. The molecule has 0 aromatic carbocycles. The molecule has 2 aliphatic heterocycles. The zero-order chi connectivity index (χ0) is 13.1. The lowest BCUT2D eigenvalue weighted by Crippen LogP contribution is -2.62. The molecule has 5 heteroatoms. The third-order valence-electron chi connectivity index (χ3n) is 4.00. The van der Waals surface area contributed by atoms with Crippen molar-refractivity contribution in [3.63, 3.8) is 0 Å². The van der Waals surface area contributed by atoms with Crippen LogP contribution in [0.15, 0.2) is 18.3 Å². The summed E-state index contributed by atoms with van der Waals surface area (Å²) in [5.41, 5.74) is 1.61. The van der Waals surface area contributed by atoms with Crippen LogP contribution in [-0.2, 0) is 6.54 Å². The molecule has 1 N–H and O–H groups in total. The van der Waals surface area contributed by atoms with E-state index in [1.54, 1.807) is 6.20 Å². The van der Waals surface area contributed by atoms with Crippen LogP contribution < -0.4 is 5.32 Å². The van der Waals surface area contributed by atoms with Gasteiger partial charge in [-0.25, -0.2) is 4.98 Å². The molecule has 5 nitrogen and oxygen atoms in total. The molecule has 1 aromatic rings. The largest absolute Gasteiger partial charge is 0.314 e. The summed E-state index contributed by atoms with van der Waals surface area (Å²) in [6.07, 6.45) is 1.68. The van der Waals surface area contributed by atoms with Gasteiger partial charge in [0, 0.05) is 63.6 Å². The number of rotatable bonds is 3. The highest BCUT2D eigenvalue weighted by molar-refractivity contribution is 5.30. The van der Waals surface area contributed by atoms with Crippen molar-refractivity contribution >= 4 is 0 Å². The minimum absolute atomic E-state index is 0.563. The van der Waals surface area contributed by atoms with E-state index >= 15 is 0 Å². The molecular weight excluding hydrogens is 238 g/mol. The first kappa shape index (κ1) is 12.5. The van der Waals surface area contributed by atoms with Crippen LogP contribution in [0.4, 0.5) is 0 Å². The van der Waals surface area contributed by atoms with Gasteiger partial charge in [0.1, 0.15) is 11.8 Å². The lowest BCUT2D eigenvalue weighted by atomic mass is 10.0. The summed E-state index contributed by atoms with van der Waals surface area (Å²) in [6.45, 7) is 7.61. The third kappa shape index (κ3) is 2.76. The van der Waals surface area contributed by atoms with Crippen LogP contribution in [0, 0.1) is 11.3 Å². The summed E-state index contributed by atoms with van der Waals surface area (Å²) in [7, 11) is 0. The normalized spacial score (nSPS) is 21.8. The van der Waals surface area contributed by atoms with Crippen LogP contribution in [-0.4, -0.2) is 60.1 Å². The summed E-state index contributed by atoms with van der Waals surface area (Å²) >= 11 is 0. The Morgan fingerprint density at radius 2 is 2.16 bits per heavy atom. The van der Waals surface area contributed by atoms with Crippen LogP contribution >= 0.6 is 0 Å². The van der Waals surface area contributed by atoms with Gasteiger partial charge in [-0.2, -0.15) is 5.26 Å². The minimum atomic E-state index is 0.563. The van der Waals surface area contributed by atoms with Crippen molar-refractivity contribution in [1.82, 2.24) is 20.1 Å². The Bertz CT molecular complexity index is 469. The molecule has 2 saturated heterocycles. The summed E-state index contributed by atoms with van der Waals surface area (Å²) in [5.74, 6) is 0.